The van der Waals surface area contributed by atoms with E-state index in [1.807, 2.05) is 33.8 Å². The quantitative estimate of drug-likeness (QED) is 0.264. The van der Waals surface area contributed by atoms with E-state index in [-0.39, 0.29) is 34.2 Å². The molecule has 1 aromatic rings. The highest BCUT2D eigenvalue weighted by atomic mass is 32.2. The molecule has 0 radical (unpaired) electrons. The predicted octanol–water partition coefficient (Wildman–Crippen LogP) is 4.62. The fraction of sp³-hybridized carbons (Fsp3) is 0.346. The third kappa shape index (κ3) is 4.12. The molecule has 5 N–H and O–H groups in total. The third-order valence-corrected chi connectivity index (χ3v) is 13.9. The second kappa shape index (κ2) is 10.6. The molecule has 222 valence electrons. The van der Waals surface area contributed by atoms with Crippen LogP contribution < -0.4 is 10.4 Å². The number of hydrazine groups is 1. The van der Waals surface area contributed by atoms with Gasteiger partial charge in [-0.3, -0.25) is 9.59 Å². The number of carboxylic acids is 2. The summed E-state index contributed by atoms with van der Waals surface area (Å²) in [6.45, 7) is 9.31. The van der Waals surface area contributed by atoms with E-state index in [0.717, 1.165) is 56.4 Å². The Morgan fingerprint density at radius 1 is 1.00 bits per heavy atom. The van der Waals surface area contributed by atoms with Gasteiger partial charge in [0.15, 0.2) is 8.30 Å². The number of fused-ring (bicyclic) bond motifs is 2. The van der Waals surface area contributed by atoms with Gasteiger partial charge in [0.05, 0.1) is 21.9 Å². The predicted molar refractivity (Wildman–Crippen MR) is 163 cm³/mol. The Labute approximate surface area is 254 Å². The minimum atomic E-state index is -2.46. The van der Waals surface area contributed by atoms with Gasteiger partial charge in [-0.1, -0.05) is 49.1 Å². The van der Waals surface area contributed by atoms with E-state index in [9.17, 15) is 39.1 Å². The number of anilines is 1. The van der Waals surface area contributed by atoms with Gasteiger partial charge >= 0.3 is 18.0 Å². The fourth-order valence-electron chi connectivity index (χ4n) is 5.37. The molecule has 1 saturated heterocycles. The molecule has 1 unspecified atom stereocenters. The van der Waals surface area contributed by atoms with Crippen molar-refractivity contribution in [3.63, 3.8) is 0 Å². The zero-order chi connectivity index (χ0) is 31.0. The maximum atomic E-state index is 13.9. The summed E-state index contributed by atoms with van der Waals surface area (Å²) in [6, 6.07) is 1.09. The Balaban J connectivity index is 0.00000173. The minimum absolute atomic E-state index is 0.0189. The third-order valence-electron chi connectivity index (χ3n) is 7.47. The first kappa shape index (κ1) is 30.5. The number of carboxylic acid groups (broad SMARTS) is 2. The number of thioether (sulfide) groups is 3. The Morgan fingerprint density at radius 2 is 1.55 bits per heavy atom. The average molecular weight is 651 g/mol. The van der Waals surface area contributed by atoms with Gasteiger partial charge in [0.25, 0.3) is 0 Å². The van der Waals surface area contributed by atoms with Gasteiger partial charge in [0, 0.05) is 29.5 Å². The largest absolute Gasteiger partial charge is 0.477 e. The summed E-state index contributed by atoms with van der Waals surface area (Å²) in [7, 11) is -2.46. The van der Waals surface area contributed by atoms with Crippen LogP contribution in [0.1, 0.15) is 55.9 Å². The molecule has 16 heteroatoms. The molecule has 1 spiro atoms. The van der Waals surface area contributed by atoms with Crippen LogP contribution in [0.3, 0.4) is 0 Å². The van der Waals surface area contributed by atoms with E-state index in [1.54, 1.807) is 6.92 Å². The summed E-state index contributed by atoms with van der Waals surface area (Å²) in [5.74, 6) is -3.80. The molecule has 1 atom stereocenters. The molecule has 42 heavy (non-hydrogen) atoms. The van der Waals surface area contributed by atoms with Gasteiger partial charge in [-0.05, 0) is 43.5 Å². The van der Waals surface area contributed by atoms with Crippen LogP contribution in [0.2, 0.25) is 0 Å². The molecule has 6 rings (SSSR count). The van der Waals surface area contributed by atoms with Crippen molar-refractivity contribution < 1.29 is 39.1 Å². The van der Waals surface area contributed by atoms with E-state index < -0.39 is 42.2 Å². The van der Waals surface area contributed by atoms with Crippen molar-refractivity contribution in [2.75, 3.05) is 4.67 Å². The molecule has 5 aliphatic rings. The number of carbonyl (C=O) groups is 5. The summed E-state index contributed by atoms with van der Waals surface area (Å²) >= 11 is 2.74. The molecule has 1 aromatic carbocycles. The minimum Gasteiger partial charge on any atom is -0.477 e. The van der Waals surface area contributed by atoms with Crippen molar-refractivity contribution in [3.8, 4) is 0 Å². The SMILES string of the molecule is CC.CC1=C(N)SC2=C(c3cc(C)c(C)c4c3N(C(=O)N(N3C(=O)CCC3=O)C4)P2O)C12SC(C(=O)O)=C(C(=O)O)S2. The lowest BCUT2D eigenvalue weighted by Crippen LogP contribution is -2.56. The number of rotatable bonds is 3. The fourth-order valence-corrected chi connectivity index (χ4v) is 12.1. The molecular formula is C26H27N4O8PS3. The van der Waals surface area contributed by atoms with Crippen LogP contribution >= 0.6 is 43.6 Å². The summed E-state index contributed by atoms with van der Waals surface area (Å²) < 4.78 is 0.166. The lowest BCUT2D eigenvalue weighted by atomic mass is 9.89. The van der Waals surface area contributed by atoms with Gasteiger partial charge in [0.2, 0.25) is 11.8 Å². The van der Waals surface area contributed by atoms with E-state index in [2.05, 4.69) is 0 Å². The average Bonchev–Trinajstić information content (AvgIpc) is 3.51. The summed E-state index contributed by atoms with van der Waals surface area (Å²) in [4.78, 5) is 74.5. The maximum absolute atomic E-state index is 13.9. The van der Waals surface area contributed by atoms with Gasteiger partial charge in [-0.15, -0.1) is 0 Å². The molecule has 5 aliphatic heterocycles. The number of urea groups is 1. The van der Waals surface area contributed by atoms with E-state index in [1.165, 1.54) is 4.67 Å². The number of nitrogens with zero attached hydrogens (tertiary/aromatic N) is 3. The molecule has 4 amide bonds. The molecule has 12 nitrogen and oxygen atoms in total. The topological polar surface area (TPSA) is 182 Å². The van der Waals surface area contributed by atoms with Gasteiger partial charge < -0.3 is 20.8 Å². The highest BCUT2D eigenvalue weighted by Crippen LogP contribution is 2.74. The smallest absolute Gasteiger partial charge is 0.349 e. The molecule has 0 saturated carbocycles. The number of nitrogens with two attached hydrogens (primary N) is 1. The van der Waals surface area contributed by atoms with Crippen molar-refractivity contribution >= 4 is 84.6 Å². The number of carbonyl (C=O) groups excluding carboxylic acids is 3. The number of amides is 4. The lowest BCUT2D eigenvalue weighted by Gasteiger charge is -2.49. The molecule has 5 heterocycles. The van der Waals surface area contributed by atoms with Gasteiger partial charge in [-0.25, -0.2) is 24.1 Å². The summed E-state index contributed by atoms with van der Waals surface area (Å²) in [6.07, 6.45) is -0.0378. The van der Waals surface area contributed by atoms with E-state index in [4.69, 9.17) is 5.73 Å². The first-order valence-corrected chi connectivity index (χ1v) is 16.6. The van der Waals surface area contributed by atoms with E-state index >= 15 is 0 Å². The standard InChI is InChI=1S/C24H21N4O8PS3.C2H6/c1-8-6-11-15-22(38-19(25)10(3)24(15)39-17(20(31)32)18(40-24)21(33)34)37(36)28-16(11)12(9(8)2)7-26(23(28)35)27-13(29)4-5-14(27)30;1-2/h6,36H,4-5,7,25H2,1-3H3,(H,31,32)(H,33,34);1-2H3. The Morgan fingerprint density at radius 3 is 2.07 bits per heavy atom. The molecule has 0 aliphatic carbocycles. The highest BCUT2D eigenvalue weighted by molar-refractivity contribution is 8.27. The number of imide groups is 1. The van der Waals surface area contributed by atoms with Crippen molar-refractivity contribution in [2.45, 2.75) is 58.1 Å². The number of aliphatic carboxylic acids is 2. The summed E-state index contributed by atoms with van der Waals surface area (Å²) in [5, 5.41) is 21.9. The normalized spacial score (nSPS) is 22.6. The molecular weight excluding hydrogens is 623 g/mol. The van der Waals surface area contributed by atoms with E-state index in [0.29, 0.717) is 32.6 Å². The second-order valence-corrected chi connectivity index (χ2v) is 15.1. The molecule has 0 aromatic heterocycles. The van der Waals surface area contributed by atoms with Crippen molar-refractivity contribution in [2.24, 2.45) is 5.73 Å². The van der Waals surface area contributed by atoms with Crippen LogP contribution in [-0.4, -0.2) is 59.0 Å². The van der Waals surface area contributed by atoms with Crippen molar-refractivity contribution in [3.05, 3.63) is 53.4 Å². The number of hydrogen-bond acceptors (Lipinski definition) is 10. The maximum Gasteiger partial charge on any atom is 0.349 e. The van der Waals surface area contributed by atoms with Crippen molar-refractivity contribution in [1.29, 1.82) is 0 Å². The highest BCUT2D eigenvalue weighted by Gasteiger charge is 2.58. The molecule has 0 bridgehead atoms. The van der Waals surface area contributed by atoms with Gasteiger partial charge in [0.1, 0.15) is 13.9 Å². The van der Waals surface area contributed by atoms with Crippen LogP contribution in [0.4, 0.5) is 10.5 Å². The van der Waals surface area contributed by atoms with Gasteiger partial charge in [-0.2, -0.15) is 5.01 Å². The number of benzene rings is 1. The zero-order valence-electron chi connectivity index (χ0n) is 23.2. The first-order chi connectivity index (χ1) is 19.8. The Bertz CT molecular complexity index is 1580. The van der Waals surface area contributed by atoms with Crippen LogP contribution in [-0.2, 0) is 25.7 Å². The second-order valence-electron chi connectivity index (χ2n) is 9.59. The van der Waals surface area contributed by atoms with Crippen LogP contribution in [0, 0.1) is 13.8 Å². The molecule has 1 fully saturated rings. The first-order valence-electron chi connectivity index (χ1n) is 12.9. The Hall–Kier alpha value is -2.97. The number of aryl methyl sites for hydroxylation is 1. The van der Waals surface area contributed by atoms with Crippen molar-refractivity contribution in [1.82, 2.24) is 10.0 Å². The van der Waals surface area contributed by atoms with Crippen LogP contribution in [0.15, 0.2) is 31.1 Å². The van der Waals surface area contributed by atoms with Crippen LogP contribution in [0.25, 0.3) is 5.57 Å². The monoisotopic (exact) mass is 650 g/mol. The zero-order valence-corrected chi connectivity index (χ0v) is 26.5. The Kier molecular flexibility index (Phi) is 7.72. The summed E-state index contributed by atoms with van der Waals surface area (Å²) in [5.41, 5.74) is 10.6. The number of hydrogen-bond donors (Lipinski definition) is 4. The van der Waals surface area contributed by atoms with Crippen LogP contribution in [0.5, 0.6) is 0 Å². The lowest BCUT2D eigenvalue weighted by molar-refractivity contribution is -0.153.